The van der Waals surface area contributed by atoms with E-state index in [0.29, 0.717) is 34.4 Å². The number of rotatable bonds is 3. The number of carbonyl (C=O) groups excluding carboxylic acids is 1. The first-order valence-electron chi connectivity index (χ1n) is 10.6. The fraction of sp³-hybridized carbons (Fsp3) is 0.269. The number of hydrogen-bond donors (Lipinski definition) is 4. The zero-order valence-corrected chi connectivity index (χ0v) is 18.8. The largest absolute Gasteiger partial charge is 0.507 e. The molecule has 1 aliphatic rings. The Labute approximate surface area is 191 Å². The van der Waals surface area contributed by atoms with Gasteiger partial charge in [0.1, 0.15) is 17.6 Å². The third-order valence-corrected chi connectivity index (χ3v) is 5.98. The van der Waals surface area contributed by atoms with Gasteiger partial charge in [0, 0.05) is 17.5 Å². The van der Waals surface area contributed by atoms with E-state index in [1.54, 1.807) is 26.0 Å². The minimum absolute atomic E-state index is 0.125. The molecule has 0 aliphatic carbocycles. The third-order valence-electron chi connectivity index (χ3n) is 5.98. The molecule has 2 unspecified atom stereocenters. The van der Waals surface area contributed by atoms with Crippen LogP contribution in [0.3, 0.4) is 0 Å². The molecule has 7 nitrogen and oxygen atoms in total. The summed E-state index contributed by atoms with van der Waals surface area (Å²) in [5, 5.41) is 39.8. The maximum Gasteiger partial charge on any atom is 0.338 e. The van der Waals surface area contributed by atoms with Gasteiger partial charge in [-0.25, -0.2) is 4.79 Å². The quantitative estimate of drug-likeness (QED) is 0.339. The van der Waals surface area contributed by atoms with Gasteiger partial charge in [0.25, 0.3) is 0 Å². The number of aryl methyl sites for hydroxylation is 4. The highest BCUT2D eigenvalue weighted by atomic mass is 16.6. The Morgan fingerprint density at radius 3 is 2.06 bits per heavy atom. The van der Waals surface area contributed by atoms with Gasteiger partial charge < -0.3 is 29.9 Å². The maximum absolute atomic E-state index is 13.0. The molecular weight excluding hydrogens is 424 g/mol. The third kappa shape index (κ3) is 4.14. The van der Waals surface area contributed by atoms with Gasteiger partial charge in [-0.15, -0.1) is 0 Å². The van der Waals surface area contributed by atoms with Crippen molar-refractivity contribution < 1.29 is 34.7 Å². The Kier molecular flexibility index (Phi) is 5.57. The van der Waals surface area contributed by atoms with Crippen LogP contribution in [0.5, 0.6) is 28.7 Å². The van der Waals surface area contributed by atoms with Crippen LogP contribution in [0, 0.1) is 27.7 Å². The van der Waals surface area contributed by atoms with Crippen molar-refractivity contribution in [1.82, 2.24) is 0 Å². The van der Waals surface area contributed by atoms with Crippen molar-refractivity contribution in [1.29, 1.82) is 0 Å². The van der Waals surface area contributed by atoms with Crippen molar-refractivity contribution in [3.63, 3.8) is 0 Å². The van der Waals surface area contributed by atoms with Crippen molar-refractivity contribution in [3.8, 4) is 28.7 Å². The Morgan fingerprint density at radius 1 is 0.848 bits per heavy atom. The number of phenolic OH excluding ortho intramolecular Hbond substituents is 4. The number of benzene rings is 3. The summed E-state index contributed by atoms with van der Waals surface area (Å²) >= 11 is 0. The van der Waals surface area contributed by atoms with Gasteiger partial charge in [-0.1, -0.05) is 6.07 Å². The van der Waals surface area contributed by atoms with Crippen molar-refractivity contribution in [2.75, 3.05) is 0 Å². The zero-order valence-electron chi connectivity index (χ0n) is 18.8. The Morgan fingerprint density at radius 2 is 1.45 bits per heavy atom. The first kappa shape index (κ1) is 22.3. The van der Waals surface area contributed by atoms with E-state index in [1.165, 1.54) is 12.1 Å². The number of hydrogen-bond acceptors (Lipinski definition) is 7. The second-order valence-corrected chi connectivity index (χ2v) is 8.61. The molecule has 0 aromatic heterocycles. The summed E-state index contributed by atoms with van der Waals surface area (Å²) in [7, 11) is 0. The zero-order chi connectivity index (χ0) is 24.0. The van der Waals surface area contributed by atoms with Gasteiger partial charge in [-0.05, 0) is 80.3 Å². The highest BCUT2D eigenvalue weighted by molar-refractivity contribution is 5.90. The van der Waals surface area contributed by atoms with E-state index in [-0.39, 0.29) is 5.75 Å². The second kappa shape index (κ2) is 8.24. The van der Waals surface area contributed by atoms with Gasteiger partial charge in [0.05, 0.1) is 5.56 Å². The molecule has 0 saturated heterocycles. The van der Waals surface area contributed by atoms with Crippen LogP contribution in [0.15, 0.2) is 36.4 Å². The molecule has 0 saturated carbocycles. The lowest BCUT2D eigenvalue weighted by Crippen LogP contribution is -2.35. The van der Waals surface area contributed by atoms with Crippen LogP contribution in [0.1, 0.15) is 49.8 Å². The minimum Gasteiger partial charge on any atom is -0.507 e. The van der Waals surface area contributed by atoms with E-state index in [0.717, 1.165) is 16.7 Å². The van der Waals surface area contributed by atoms with Crippen molar-refractivity contribution in [2.24, 2.45) is 0 Å². The predicted octanol–water partition coefficient (Wildman–Crippen LogP) is 4.64. The van der Waals surface area contributed by atoms with Crippen LogP contribution in [0.4, 0.5) is 0 Å². The Balaban J connectivity index is 1.75. The molecular formula is C26H26O7. The summed E-state index contributed by atoms with van der Waals surface area (Å²) in [6.45, 7) is 7.32. The Bertz CT molecular complexity index is 1220. The molecule has 1 heterocycles. The molecule has 4 rings (SSSR count). The monoisotopic (exact) mass is 450 g/mol. The topological polar surface area (TPSA) is 116 Å². The van der Waals surface area contributed by atoms with Crippen molar-refractivity contribution in [2.45, 2.75) is 46.3 Å². The fourth-order valence-corrected chi connectivity index (χ4v) is 4.30. The van der Waals surface area contributed by atoms with Crippen molar-refractivity contribution in [3.05, 3.63) is 75.3 Å². The average Bonchev–Trinajstić information content (AvgIpc) is 2.75. The fourth-order valence-electron chi connectivity index (χ4n) is 4.30. The molecule has 7 heteroatoms. The number of phenols is 4. The normalized spacial score (nSPS) is 17.2. The molecule has 0 bridgehead atoms. The van der Waals surface area contributed by atoms with E-state index >= 15 is 0 Å². The average molecular weight is 450 g/mol. The minimum atomic E-state index is -0.834. The number of ether oxygens (including phenoxy) is 2. The molecule has 3 aromatic rings. The molecule has 33 heavy (non-hydrogen) atoms. The van der Waals surface area contributed by atoms with Crippen LogP contribution in [0.2, 0.25) is 0 Å². The molecule has 0 radical (unpaired) electrons. The molecule has 4 N–H and O–H groups in total. The van der Waals surface area contributed by atoms with E-state index in [1.807, 2.05) is 26.0 Å². The number of esters is 1. The lowest BCUT2D eigenvalue weighted by atomic mass is 9.91. The predicted molar refractivity (Wildman–Crippen MR) is 121 cm³/mol. The molecule has 1 aliphatic heterocycles. The molecule has 2 atom stereocenters. The van der Waals surface area contributed by atoms with E-state index < -0.39 is 35.4 Å². The van der Waals surface area contributed by atoms with Gasteiger partial charge in [-0.3, -0.25) is 0 Å². The van der Waals surface area contributed by atoms with E-state index in [4.69, 9.17) is 9.47 Å². The van der Waals surface area contributed by atoms with Crippen LogP contribution >= 0.6 is 0 Å². The SMILES string of the molecule is Cc1cc(C)c2c(c1)OC(c1cc(O)c(O)c(O)c1)C(OC(=O)c1cc(C)c(O)c(C)c1)C2. The summed E-state index contributed by atoms with van der Waals surface area (Å²) in [5.41, 5.74) is 4.67. The summed E-state index contributed by atoms with van der Waals surface area (Å²) in [6, 6.07) is 9.59. The number of carbonyl (C=O) groups is 1. The first-order chi connectivity index (χ1) is 15.5. The van der Waals surface area contributed by atoms with Gasteiger partial charge in [-0.2, -0.15) is 0 Å². The molecule has 3 aromatic carbocycles. The van der Waals surface area contributed by atoms with Crippen LogP contribution in [-0.2, 0) is 11.2 Å². The Hall–Kier alpha value is -3.87. The maximum atomic E-state index is 13.0. The van der Waals surface area contributed by atoms with Crippen LogP contribution < -0.4 is 4.74 Å². The first-order valence-corrected chi connectivity index (χ1v) is 10.6. The smallest absolute Gasteiger partial charge is 0.338 e. The van der Waals surface area contributed by atoms with Crippen molar-refractivity contribution >= 4 is 5.97 Å². The standard InChI is InChI=1S/C26H26O7/c1-12-5-13(2)18-11-22(33-26(31)17-7-14(3)23(29)15(4)8-17)25(32-21(18)6-12)16-9-19(27)24(30)20(28)10-16/h5-10,22,25,27-30H,11H2,1-4H3. The number of aromatic hydroxyl groups is 4. The van der Waals surface area contributed by atoms with Gasteiger partial charge in [0.15, 0.2) is 23.4 Å². The lowest BCUT2D eigenvalue weighted by molar-refractivity contribution is -0.0185. The highest BCUT2D eigenvalue weighted by Gasteiger charge is 2.36. The van der Waals surface area contributed by atoms with E-state index in [9.17, 15) is 25.2 Å². The molecule has 0 amide bonds. The van der Waals surface area contributed by atoms with Crippen LogP contribution in [0.25, 0.3) is 0 Å². The van der Waals surface area contributed by atoms with Crippen LogP contribution in [-0.4, -0.2) is 32.5 Å². The second-order valence-electron chi connectivity index (χ2n) is 8.61. The lowest BCUT2D eigenvalue weighted by Gasteiger charge is -2.34. The molecule has 0 spiro atoms. The summed E-state index contributed by atoms with van der Waals surface area (Å²) < 4.78 is 12.1. The number of fused-ring (bicyclic) bond motifs is 1. The molecule has 172 valence electrons. The molecule has 0 fully saturated rings. The highest BCUT2D eigenvalue weighted by Crippen LogP contribution is 2.43. The van der Waals surface area contributed by atoms with E-state index in [2.05, 4.69) is 0 Å². The van der Waals surface area contributed by atoms with Gasteiger partial charge >= 0.3 is 5.97 Å². The summed E-state index contributed by atoms with van der Waals surface area (Å²) in [6.07, 6.45) is -1.25. The van der Waals surface area contributed by atoms with Gasteiger partial charge in [0.2, 0.25) is 0 Å². The summed E-state index contributed by atoms with van der Waals surface area (Å²) in [4.78, 5) is 13.0. The summed E-state index contributed by atoms with van der Waals surface area (Å²) in [5.74, 6) is -1.47.